The molecule has 0 bridgehead atoms. The van der Waals surface area contributed by atoms with E-state index in [0.717, 1.165) is 16.0 Å². The molecule has 4 rings (SSSR count). The Kier molecular flexibility index (Phi) is 6.01. The van der Waals surface area contributed by atoms with E-state index >= 15 is 0 Å². The van der Waals surface area contributed by atoms with E-state index in [-0.39, 0.29) is 34.4 Å². The fourth-order valence-electron chi connectivity index (χ4n) is 3.57. The number of aromatic nitrogens is 1. The van der Waals surface area contributed by atoms with Crippen molar-refractivity contribution in [2.24, 2.45) is 0 Å². The lowest BCUT2D eigenvalue weighted by atomic mass is 9.87. The predicted octanol–water partition coefficient (Wildman–Crippen LogP) is 6.26. The molecule has 1 aliphatic rings. The van der Waals surface area contributed by atoms with Gasteiger partial charge in [-0.25, -0.2) is 0 Å². The number of nitrogens with zero attached hydrogens (tertiary/aromatic N) is 2. The van der Waals surface area contributed by atoms with Crippen molar-refractivity contribution in [3.05, 3.63) is 87.7 Å². The molecule has 1 N–H and O–H groups in total. The summed E-state index contributed by atoms with van der Waals surface area (Å²) >= 11 is 7.72. The van der Waals surface area contributed by atoms with Crippen molar-refractivity contribution in [3.8, 4) is 0 Å². The summed E-state index contributed by atoms with van der Waals surface area (Å²) < 4.78 is 3.24. The van der Waals surface area contributed by atoms with E-state index in [9.17, 15) is 9.59 Å². The van der Waals surface area contributed by atoms with Crippen molar-refractivity contribution in [3.63, 3.8) is 0 Å². The third kappa shape index (κ3) is 4.25. The Morgan fingerprint density at radius 2 is 1.69 bits per heavy atom. The Hall–Kier alpha value is -2.83. The largest absolute Gasteiger partial charge is 0.325 e. The number of aryl methyl sites for hydroxylation is 1. The third-order valence-electron chi connectivity index (χ3n) is 5.55. The zero-order chi connectivity index (χ0) is 23.0. The first-order valence-corrected chi connectivity index (χ1v) is 11.5. The molecule has 3 aromatic rings. The molecule has 1 aromatic heterocycles. The Balaban J connectivity index is 1.58. The van der Waals surface area contributed by atoms with Gasteiger partial charge < -0.3 is 4.72 Å². The Labute approximate surface area is 197 Å². The molecule has 0 spiro atoms. The van der Waals surface area contributed by atoms with E-state index in [2.05, 4.69) is 42.6 Å². The second-order valence-electron chi connectivity index (χ2n) is 8.82. The van der Waals surface area contributed by atoms with E-state index in [1.807, 2.05) is 25.1 Å². The molecule has 0 saturated carbocycles. The number of halogens is 1. The quantitative estimate of drug-likeness (QED) is 0.356. The number of amides is 2. The van der Waals surface area contributed by atoms with Gasteiger partial charge in [-0.05, 0) is 71.3 Å². The summed E-state index contributed by atoms with van der Waals surface area (Å²) in [6.45, 7) is 8.60. The topological polar surface area (TPSA) is 62.3 Å². The van der Waals surface area contributed by atoms with Gasteiger partial charge in [0, 0.05) is 17.3 Å². The lowest BCUT2D eigenvalue weighted by Crippen LogP contribution is -2.29. The predicted molar refractivity (Wildman–Crippen MR) is 129 cm³/mol. The molecule has 2 amide bonds. The molecule has 0 unspecified atom stereocenters. The first-order valence-electron chi connectivity index (χ1n) is 10.3. The van der Waals surface area contributed by atoms with Crippen LogP contribution in [-0.4, -0.2) is 21.7 Å². The molecule has 2 aromatic carbocycles. The smallest absolute Gasteiger partial charge is 0.264 e. The highest BCUT2D eigenvalue weighted by molar-refractivity contribution is 8.00. The standard InChI is InChI=1S/C25H24ClN3O2S/c1-15-11-12-27-13-16(15)14-29-23(30)21-19(26)9-10-20(22(21)24(29)31)28-32-18-7-5-17(6-8-18)25(2,3)4/h5-13,28H,14H2,1-4H3. The lowest BCUT2D eigenvalue weighted by Gasteiger charge is -2.19. The van der Waals surface area contributed by atoms with Crippen LogP contribution < -0.4 is 4.72 Å². The van der Waals surface area contributed by atoms with Crippen LogP contribution in [0.4, 0.5) is 5.69 Å². The highest BCUT2D eigenvalue weighted by atomic mass is 35.5. The van der Waals surface area contributed by atoms with Crippen molar-refractivity contribution in [2.75, 3.05) is 4.72 Å². The second kappa shape index (κ2) is 8.60. The number of nitrogens with one attached hydrogen (secondary N) is 1. The molecule has 164 valence electrons. The minimum absolute atomic E-state index is 0.0799. The zero-order valence-electron chi connectivity index (χ0n) is 18.4. The number of anilines is 1. The van der Waals surface area contributed by atoms with Crippen LogP contribution in [0.1, 0.15) is 58.2 Å². The van der Waals surface area contributed by atoms with Crippen LogP contribution in [-0.2, 0) is 12.0 Å². The molecular formula is C25H24ClN3O2S. The summed E-state index contributed by atoms with van der Waals surface area (Å²) in [7, 11) is 0. The summed E-state index contributed by atoms with van der Waals surface area (Å²) in [6, 6.07) is 13.5. The summed E-state index contributed by atoms with van der Waals surface area (Å²) in [5.74, 6) is -0.747. The maximum absolute atomic E-state index is 13.2. The molecule has 0 saturated heterocycles. The van der Waals surface area contributed by atoms with E-state index in [1.54, 1.807) is 24.5 Å². The van der Waals surface area contributed by atoms with Crippen LogP contribution in [0.5, 0.6) is 0 Å². The first-order chi connectivity index (χ1) is 15.2. The molecule has 7 heteroatoms. The summed E-state index contributed by atoms with van der Waals surface area (Å²) in [5, 5.41) is 0.272. The number of hydrogen-bond donors (Lipinski definition) is 1. The SMILES string of the molecule is Cc1ccncc1CN1C(=O)c2c(Cl)ccc(NSc3ccc(C(C)(C)C)cc3)c2C1=O. The Morgan fingerprint density at radius 3 is 2.34 bits per heavy atom. The highest BCUT2D eigenvalue weighted by Crippen LogP contribution is 2.37. The Morgan fingerprint density at radius 1 is 1.00 bits per heavy atom. The third-order valence-corrected chi connectivity index (χ3v) is 6.69. The maximum atomic E-state index is 13.2. The van der Waals surface area contributed by atoms with Crippen LogP contribution in [0.2, 0.25) is 5.02 Å². The van der Waals surface area contributed by atoms with Gasteiger partial charge in [-0.15, -0.1) is 0 Å². The number of imide groups is 1. The monoisotopic (exact) mass is 465 g/mol. The molecule has 1 aliphatic heterocycles. The van der Waals surface area contributed by atoms with Gasteiger partial charge in [-0.2, -0.15) is 0 Å². The van der Waals surface area contributed by atoms with Crippen LogP contribution >= 0.6 is 23.5 Å². The van der Waals surface area contributed by atoms with Crippen molar-refractivity contribution >= 4 is 41.1 Å². The number of fused-ring (bicyclic) bond motifs is 1. The maximum Gasteiger partial charge on any atom is 0.264 e. The summed E-state index contributed by atoms with van der Waals surface area (Å²) in [4.78, 5) is 32.7. The van der Waals surface area contributed by atoms with Gasteiger partial charge in [0.15, 0.2) is 0 Å². The molecule has 2 heterocycles. The second-order valence-corrected chi connectivity index (χ2v) is 10.1. The number of pyridine rings is 1. The molecular weight excluding hydrogens is 442 g/mol. The van der Waals surface area contributed by atoms with Crippen molar-refractivity contribution in [2.45, 2.75) is 44.6 Å². The van der Waals surface area contributed by atoms with Crippen LogP contribution in [0.3, 0.4) is 0 Å². The number of carbonyl (C=O) groups excluding carboxylic acids is 2. The van der Waals surface area contributed by atoms with Gasteiger partial charge in [0.2, 0.25) is 0 Å². The van der Waals surface area contributed by atoms with Crippen molar-refractivity contribution < 1.29 is 9.59 Å². The molecule has 0 fully saturated rings. The van der Waals surface area contributed by atoms with Gasteiger partial charge in [0.25, 0.3) is 11.8 Å². The van der Waals surface area contributed by atoms with Crippen molar-refractivity contribution in [1.82, 2.24) is 9.88 Å². The van der Waals surface area contributed by atoms with E-state index < -0.39 is 0 Å². The number of benzene rings is 2. The number of rotatable bonds is 5. The van der Waals surface area contributed by atoms with Crippen LogP contribution in [0.25, 0.3) is 0 Å². The molecule has 5 nitrogen and oxygen atoms in total. The van der Waals surface area contributed by atoms with E-state index in [1.165, 1.54) is 22.4 Å². The van der Waals surface area contributed by atoms with Gasteiger partial charge in [-0.1, -0.05) is 44.5 Å². The van der Waals surface area contributed by atoms with E-state index in [0.29, 0.717) is 11.3 Å². The minimum Gasteiger partial charge on any atom is -0.325 e. The van der Waals surface area contributed by atoms with Crippen LogP contribution in [0.15, 0.2) is 59.8 Å². The highest BCUT2D eigenvalue weighted by Gasteiger charge is 2.39. The van der Waals surface area contributed by atoms with E-state index in [4.69, 9.17) is 11.6 Å². The molecule has 32 heavy (non-hydrogen) atoms. The minimum atomic E-state index is -0.388. The van der Waals surface area contributed by atoms with Gasteiger partial charge in [0.05, 0.1) is 28.4 Å². The van der Waals surface area contributed by atoms with Crippen molar-refractivity contribution in [1.29, 1.82) is 0 Å². The first kappa shape index (κ1) is 22.4. The van der Waals surface area contributed by atoms with Gasteiger partial charge >= 0.3 is 0 Å². The lowest BCUT2D eigenvalue weighted by molar-refractivity contribution is 0.0642. The Bertz CT molecular complexity index is 1200. The average Bonchev–Trinajstić information content (AvgIpc) is 3.00. The number of carbonyl (C=O) groups is 2. The zero-order valence-corrected chi connectivity index (χ0v) is 20.0. The fourth-order valence-corrected chi connectivity index (χ4v) is 4.48. The van der Waals surface area contributed by atoms with Gasteiger partial charge in [-0.3, -0.25) is 19.5 Å². The normalized spacial score (nSPS) is 13.5. The molecule has 0 aliphatic carbocycles. The average molecular weight is 466 g/mol. The number of hydrogen-bond acceptors (Lipinski definition) is 5. The molecule has 0 radical (unpaired) electrons. The summed E-state index contributed by atoms with van der Waals surface area (Å²) in [6.07, 6.45) is 3.36. The van der Waals surface area contributed by atoms with Gasteiger partial charge in [0.1, 0.15) is 0 Å². The fraction of sp³-hybridized carbons (Fsp3) is 0.240. The summed E-state index contributed by atoms with van der Waals surface area (Å²) in [5.41, 5.74) is 4.23. The molecule has 0 atom stereocenters. The van der Waals surface area contributed by atoms with Crippen LogP contribution in [0, 0.1) is 6.92 Å².